The maximum Gasteiger partial charge on any atom is 0.161 e. The maximum atomic E-state index is 8.74. The van der Waals surface area contributed by atoms with Crippen LogP contribution in [-0.4, -0.2) is 29.6 Å². The molecule has 0 radical (unpaired) electrons. The lowest BCUT2D eigenvalue weighted by atomic mass is 9.86. The summed E-state index contributed by atoms with van der Waals surface area (Å²) in [5.74, 6) is 1.74. The van der Waals surface area contributed by atoms with Crippen LogP contribution in [0.15, 0.2) is 72.1 Å². The van der Waals surface area contributed by atoms with Crippen LogP contribution < -0.4 is 9.47 Å². The zero-order valence-electron chi connectivity index (χ0n) is 17.8. The van der Waals surface area contributed by atoms with Gasteiger partial charge in [0.15, 0.2) is 11.5 Å². The molecule has 3 aromatic rings. The molecule has 0 spiro atoms. The number of hydrogen-bond acceptors (Lipinski definition) is 5. The lowest BCUT2D eigenvalue weighted by molar-refractivity contribution is 0.200. The molecule has 0 saturated heterocycles. The quantitative estimate of drug-likeness (QED) is 0.295. The molecular formula is C26H28N2O3. The lowest BCUT2D eigenvalue weighted by Crippen LogP contribution is -2.12. The van der Waals surface area contributed by atoms with Gasteiger partial charge in [-0.15, -0.1) is 0 Å². The van der Waals surface area contributed by atoms with Crippen molar-refractivity contribution >= 4 is 6.21 Å². The van der Waals surface area contributed by atoms with Crippen molar-refractivity contribution in [2.24, 2.45) is 5.16 Å². The van der Waals surface area contributed by atoms with Crippen molar-refractivity contribution in [3.8, 4) is 11.5 Å². The Morgan fingerprint density at radius 2 is 1.74 bits per heavy atom. The van der Waals surface area contributed by atoms with Gasteiger partial charge in [0, 0.05) is 18.3 Å². The molecule has 1 aliphatic rings. The van der Waals surface area contributed by atoms with Crippen molar-refractivity contribution in [1.82, 2.24) is 4.98 Å². The molecule has 0 aliphatic heterocycles. The second kappa shape index (κ2) is 10.1. The van der Waals surface area contributed by atoms with E-state index in [-0.39, 0.29) is 12.0 Å². The number of benzene rings is 2. The molecule has 1 heterocycles. The zero-order chi connectivity index (χ0) is 21.5. The topological polar surface area (TPSA) is 63.9 Å². The Hall–Kier alpha value is -3.34. The summed E-state index contributed by atoms with van der Waals surface area (Å²) >= 11 is 0. The molecular weight excluding hydrogens is 388 g/mol. The van der Waals surface area contributed by atoms with Crippen molar-refractivity contribution < 1.29 is 14.7 Å². The molecule has 1 saturated carbocycles. The number of hydrogen-bond donors (Lipinski definition) is 1. The van der Waals surface area contributed by atoms with Crippen LogP contribution in [0.5, 0.6) is 11.5 Å². The molecule has 31 heavy (non-hydrogen) atoms. The molecule has 0 amide bonds. The van der Waals surface area contributed by atoms with Gasteiger partial charge in [0.05, 0.1) is 19.4 Å². The van der Waals surface area contributed by atoms with E-state index in [2.05, 4.69) is 46.5 Å². The van der Waals surface area contributed by atoms with Crippen molar-refractivity contribution in [3.63, 3.8) is 0 Å². The van der Waals surface area contributed by atoms with Crippen LogP contribution in [0, 0.1) is 0 Å². The van der Waals surface area contributed by atoms with Gasteiger partial charge in [-0.3, -0.25) is 4.98 Å². The number of aromatic nitrogens is 1. The van der Waals surface area contributed by atoms with Crippen LogP contribution in [0.3, 0.4) is 0 Å². The van der Waals surface area contributed by atoms with Crippen LogP contribution in [0.25, 0.3) is 0 Å². The third-order valence-electron chi connectivity index (χ3n) is 5.92. The Labute approximate surface area is 183 Å². The Kier molecular flexibility index (Phi) is 6.82. The number of pyridine rings is 1. The number of nitrogens with zero attached hydrogens (tertiary/aromatic N) is 2. The average molecular weight is 417 g/mol. The molecule has 2 aromatic carbocycles. The van der Waals surface area contributed by atoms with Gasteiger partial charge in [-0.05, 0) is 78.6 Å². The van der Waals surface area contributed by atoms with E-state index in [0.29, 0.717) is 0 Å². The van der Waals surface area contributed by atoms with Crippen molar-refractivity contribution in [1.29, 1.82) is 0 Å². The average Bonchev–Trinajstić information content (AvgIpc) is 3.32. The summed E-state index contributed by atoms with van der Waals surface area (Å²) in [6, 6.07) is 18.5. The highest BCUT2D eigenvalue weighted by molar-refractivity contribution is 5.78. The van der Waals surface area contributed by atoms with Gasteiger partial charge >= 0.3 is 0 Å². The third-order valence-corrected chi connectivity index (χ3v) is 5.92. The number of methoxy groups -OCH3 is 1. The smallest absolute Gasteiger partial charge is 0.161 e. The van der Waals surface area contributed by atoms with Crippen LogP contribution in [0.2, 0.25) is 0 Å². The minimum absolute atomic E-state index is 0.150. The molecule has 1 unspecified atom stereocenters. The van der Waals surface area contributed by atoms with Crippen molar-refractivity contribution in [2.45, 2.75) is 44.1 Å². The zero-order valence-corrected chi connectivity index (χ0v) is 17.8. The molecule has 0 bridgehead atoms. The van der Waals surface area contributed by atoms with Gasteiger partial charge in [0.2, 0.25) is 0 Å². The first-order valence-corrected chi connectivity index (χ1v) is 10.8. The number of oxime groups is 1. The SMILES string of the molecule is COc1ccc(C(Cc2ccc(C=NO)cc2)c2ccncc2)cc1OC1CCCC1. The van der Waals surface area contributed by atoms with Gasteiger partial charge in [0.25, 0.3) is 0 Å². The van der Waals surface area contributed by atoms with E-state index in [1.807, 2.05) is 30.6 Å². The highest BCUT2D eigenvalue weighted by atomic mass is 16.5. The van der Waals surface area contributed by atoms with Gasteiger partial charge in [-0.1, -0.05) is 35.5 Å². The first-order chi connectivity index (χ1) is 15.3. The van der Waals surface area contributed by atoms with Crippen molar-refractivity contribution in [3.05, 3.63) is 89.2 Å². The first kappa shape index (κ1) is 20.9. The maximum absolute atomic E-state index is 8.74. The lowest BCUT2D eigenvalue weighted by Gasteiger charge is -2.22. The van der Waals surface area contributed by atoms with E-state index >= 15 is 0 Å². The second-order valence-corrected chi connectivity index (χ2v) is 7.96. The summed E-state index contributed by atoms with van der Waals surface area (Å²) in [6.45, 7) is 0. The predicted octanol–water partition coefficient (Wildman–Crippen LogP) is 5.59. The van der Waals surface area contributed by atoms with Gasteiger partial charge in [0.1, 0.15) is 0 Å². The van der Waals surface area contributed by atoms with Crippen LogP contribution >= 0.6 is 0 Å². The van der Waals surface area contributed by atoms with Gasteiger partial charge in [-0.25, -0.2) is 0 Å². The van der Waals surface area contributed by atoms with E-state index in [1.54, 1.807) is 7.11 Å². The highest BCUT2D eigenvalue weighted by Crippen LogP contribution is 2.37. The first-order valence-electron chi connectivity index (χ1n) is 10.8. The third kappa shape index (κ3) is 5.23. The molecule has 5 heteroatoms. The number of ether oxygens (including phenoxy) is 2. The Morgan fingerprint density at radius 1 is 1.00 bits per heavy atom. The standard InChI is InChI=1S/C26H28N2O3/c1-30-25-11-10-22(17-26(25)31-23-4-2-3-5-23)24(21-12-14-27-15-13-21)16-19-6-8-20(9-7-19)18-28-29/h6-15,17-18,23-24,29H,2-5,16H2,1H3. The van der Waals surface area contributed by atoms with E-state index in [1.165, 1.54) is 35.7 Å². The second-order valence-electron chi connectivity index (χ2n) is 7.96. The van der Waals surface area contributed by atoms with Crippen LogP contribution in [-0.2, 0) is 6.42 Å². The fourth-order valence-electron chi connectivity index (χ4n) is 4.25. The van der Waals surface area contributed by atoms with E-state index in [4.69, 9.17) is 14.7 Å². The summed E-state index contributed by atoms with van der Waals surface area (Å²) in [7, 11) is 1.69. The minimum Gasteiger partial charge on any atom is -0.493 e. The molecule has 1 atom stereocenters. The van der Waals surface area contributed by atoms with Crippen LogP contribution in [0.4, 0.5) is 0 Å². The van der Waals surface area contributed by atoms with Gasteiger partial charge in [-0.2, -0.15) is 0 Å². The summed E-state index contributed by atoms with van der Waals surface area (Å²) in [4.78, 5) is 4.19. The normalized spacial score (nSPS) is 15.3. The van der Waals surface area contributed by atoms with Crippen molar-refractivity contribution in [2.75, 3.05) is 7.11 Å². The molecule has 1 fully saturated rings. The monoisotopic (exact) mass is 416 g/mol. The summed E-state index contributed by atoms with van der Waals surface area (Å²) in [6.07, 6.45) is 10.9. The Bertz CT molecular complexity index is 997. The Balaban J connectivity index is 1.66. The van der Waals surface area contributed by atoms with E-state index in [9.17, 15) is 0 Å². The summed E-state index contributed by atoms with van der Waals surface area (Å²) in [5.41, 5.74) is 4.45. The fraction of sp³-hybridized carbons (Fsp3) is 0.308. The summed E-state index contributed by atoms with van der Waals surface area (Å²) < 4.78 is 11.9. The molecule has 1 aliphatic carbocycles. The molecule has 160 valence electrons. The molecule has 5 nitrogen and oxygen atoms in total. The van der Waals surface area contributed by atoms with E-state index < -0.39 is 0 Å². The molecule has 1 aromatic heterocycles. The van der Waals surface area contributed by atoms with Gasteiger partial charge < -0.3 is 14.7 Å². The summed E-state index contributed by atoms with van der Waals surface area (Å²) in [5, 5.41) is 11.8. The van der Waals surface area contributed by atoms with E-state index in [0.717, 1.165) is 36.3 Å². The Morgan fingerprint density at radius 3 is 2.42 bits per heavy atom. The van der Waals surface area contributed by atoms with Crippen LogP contribution in [0.1, 0.15) is 53.9 Å². The molecule has 1 N–H and O–H groups in total. The predicted molar refractivity (Wildman–Crippen MR) is 121 cm³/mol. The largest absolute Gasteiger partial charge is 0.493 e. The minimum atomic E-state index is 0.150. The fourth-order valence-corrected chi connectivity index (χ4v) is 4.25. The molecule has 4 rings (SSSR count). The number of rotatable bonds is 8. The highest BCUT2D eigenvalue weighted by Gasteiger charge is 2.21.